The molecule has 0 aliphatic carbocycles. The van der Waals surface area contributed by atoms with Gasteiger partial charge in [-0.1, -0.05) is 0 Å². The second-order valence-corrected chi connectivity index (χ2v) is 3.29. The lowest BCUT2D eigenvalue weighted by Gasteiger charge is -2.10. The number of carbonyl (C=O) groups excluding carboxylic acids is 1. The third kappa shape index (κ3) is 2.92. The van der Waals surface area contributed by atoms with Crippen LogP contribution in [-0.2, 0) is 0 Å². The predicted octanol–water partition coefficient (Wildman–Crippen LogP) is 0.519. The number of nitrogens with two attached hydrogens (primary N) is 1. The summed E-state index contributed by atoms with van der Waals surface area (Å²) in [5.41, 5.74) is 5.52. The number of carbonyl (C=O) groups is 1. The minimum absolute atomic E-state index is 0.0701. The van der Waals surface area contributed by atoms with Crippen LogP contribution in [0.5, 0.6) is 0 Å². The molecule has 0 heterocycles. The fraction of sp³-hybridized carbons (Fsp3) is 0.300. The van der Waals surface area contributed by atoms with Crippen molar-refractivity contribution in [1.82, 2.24) is 5.32 Å². The molecule has 0 bridgehead atoms. The van der Waals surface area contributed by atoms with Crippen molar-refractivity contribution in [2.24, 2.45) is 0 Å². The zero-order valence-corrected chi connectivity index (χ0v) is 8.33. The van der Waals surface area contributed by atoms with E-state index in [1.54, 1.807) is 6.92 Å². The summed E-state index contributed by atoms with van der Waals surface area (Å²) in [7, 11) is 0. The first-order chi connectivity index (χ1) is 7.04. The highest BCUT2D eigenvalue weighted by Gasteiger charge is 2.10. The van der Waals surface area contributed by atoms with Crippen molar-refractivity contribution in [2.75, 3.05) is 12.3 Å². The summed E-state index contributed by atoms with van der Waals surface area (Å²) in [5, 5.41) is 11.3. The molecule has 5 heteroatoms. The van der Waals surface area contributed by atoms with E-state index >= 15 is 0 Å². The number of aliphatic hydroxyl groups is 1. The normalized spacial score (nSPS) is 12.2. The number of benzene rings is 1. The molecular weight excluding hydrogens is 199 g/mol. The summed E-state index contributed by atoms with van der Waals surface area (Å²) in [6.07, 6.45) is 0. The molecule has 1 aromatic carbocycles. The molecule has 1 atom stereocenters. The molecule has 0 saturated carbocycles. The monoisotopic (exact) mass is 212 g/mol. The van der Waals surface area contributed by atoms with Gasteiger partial charge in [0.2, 0.25) is 0 Å². The Morgan fingerprint density at radius 1 is 1.67 bits per heavy atom. The smallest absolute Gasteiger partial charge is 0.251 e. The predicted molar refractivity (Wildman–Crippen MR) is 54.8 cm³/mol. The van der Waals surface area contributed by atoms with Crippen molar-refractivity contribution < 1.29 is 14.3 Å². The first-order valence-electron chi connectivity index (χ1n) is 4.51. The molecule has 82 valence electrons. The number of hydrogen-bond acceptors (Lipinski definition) is 3. The van der Waals surface area contributed by atoms with Crippen LogP contribution in [0.1, 0.15) is 17.3 Å². The van der Waals surface area contributed by atoms with E-state index in [0.29, 0.717) is 0 Å². The Morgan fingerprint density at radius 2 is 2.33 bits per heavy atom. The lowest BCUT2D eigenvalue weighted by atomic mass is 10.1. The van der Waals surface area contributed by atoms with Gasteiger partial charge in [-0.15, -0.1) is 0 Å². The zero-order valence-electron chi connectivity index (χ0n) is 8.33. The fourth-order valence-electron chi connectivity index (χ4n) is 1.04. The molecule has 0 spiro atoms. The molecule has 4 nitrogen and oxygen atoms in total. The van der Waals surface area contributed by atoms with E-state index in [0.717, 1.165) is 6.07 Å². The van der Waals surface area contributed by atoms with Crippen LogP contribution >= 0.6 is 0 Å². The number of hydrogen-bond donors (Lipinski definition) is 3. The van der Waals surface area contributed by atoms with Crippen LogP contribution in [0.3, 0.4) is 0 Å². The average molecular weight is 212 g/mol. The van der Waals surface area contributed by atoms with Crippen LogP contribution in [0.4, 0.5) is 10.1 Å². The Morgan fingerprint density at radius 3 is 2.87 bits per heavy atom. The van der Waals surface area contributed by atoms with Crippen molar-refractivity contribution in [1.29, 1.82) is 0 Å². The van der Waals surface area contributed by atoms with Gasteiger partial charge >= 0.3 is 0 Å². The molecule has 0 aliphatic rings. The summed E-state index contributed by atoms with van der Waals surface area (Å²) < 4.78 is 12.8. The van der Waals surface area contributed by atoms with E-state index < -0.39 is 5.82 Å². The molecule has 0 fully saturated rings. The van der Waals surface area contributed by atoms with Gasteiger partial charge in [0.25, 0.3) is 5.91 Å². The zero-order chi connectivity index (χ0) is 11.4. The van der Waals surface area contributed by atoms with Gasteiger partial charge in [-0.3, -0.25) is 4.79 Å². The first-order valence-corrected chi connectivity index (χ1v) is 4.51. The summed E-state index contributed by atoms with van der Waals surface area (Å²) in [6.45, 7) is 1.51. The van der Waals surface area contributed by atoms with Crippen molar-refractivity contribution in [2.45, 2.75) is 13.0 Å². The highest BCUT2D eigenvalue weighted by molar-refractivity contribution is 5.95. The lowest BCUT2D eigenvalue weighted by molar-refractivity contribution is 0.0922. The van der Waals surface area contributed by atoms with Crippen LogP contribution in [0, 0.1) is 5.82 Å². The van der Waals surface area contributed by atoms with E-state index in [-0.39, 0.29) is 29.8 Å². The SMILES string of the molecule is C[C@H](CO)NC(=O)c1ccc(F)c(N)c1. The molecule has 1 aromatic rings. The number of halogens is 1. The van der Waals surface area contributed by atoms with Crippen LogP contribution in [0.15, 0.2) is 18.2 Å². The van der Waals surface area contributed by atoms with Gasteiger partial charge in [-0.25, -0.2) is 4.39 Å². The largest absolute Gasteiger partial charge is 0.396 e. The standard InChI is InChI=1S/C10H13FN2O2/c1-6(5-14)13-10(15)7-2-3-8(11)9(12)4-7/h2-4,6,14H,5,12H2,1H3,(H,13,15)/t6-/m1/s1. The average Bonchev–Trinajstić information content (AvgIpc) is 2.21. The summed E-state index contributed by atoms with van der Waals surface area (Å²) in [4.78, 5) is 11.5. The maximum absolute atomic E-state index is 12.8. The number of nitrogens with one attached hydrogen (secondary N) is 1. The summed E-state index contributed by atoms with van der Waals surface area (Å²) in [6, 6.07) is 3.39. The molecule has 0 aromatic heterocycles. The summed E-state index contributed by atoms with van der Waals surface area (Å²) >= 11 is 0. The minimum atomic E-state index is -0.554. The molecule has 0 aliphatic heterocycles. The van der Waals surface area contributed by atoms with Crippen LogP contribution < -0.4 is 11.1 Å². The van der Waals surface area contributed by atoms with E-state index in [1.807, 2.05) is 0 Å². The molecule has 1 amide bonds. The van der Waals surface area contributed by atoms with Gasteiger partial charge in [-0.2, -0.15) is 0 Å². The molecule has 1 rings (SSSR count). The highest BCUT2D eigenvalue weighted by Crippen LogP contribution is 2.12. The fourth-order valence-corrected chi connectivity index (χ4v) is 1.04. The Balaban J connectivity index is 2.78. The quantitative estimate of drug-likeness (QED) is 0.639. The van der Waals surface area contributed by atoms with Gasteiger partial charge in [-0.05, 0) is 25.1 Å². The summed E-state index contributed by atoms with van der Waals surface area (Å²) in [5.74, 6) is -0.940. The Bertz CT molecular complexity index is 368. The van der Waals surface area contributed by atoms with Crippen molar-refractivity contribution in [3.05, 3.63) is 29.6 Å². The van der Waals surface area contributed by atoms with E-state index in [4.69, 9.17) is 10.8 Å². The lowest BCUT2D eigenvalue weighted by Crippen LogP contribution is -2.35. The minimum Gasteiger partial charge on any atom is -0.396 e. The van der Waals surface area contributed by atoms with Crippen LogP contribution in [0.25, 0.3) is 0 Å². The van der Waals surface area contributed by atoms with Gasteiger partial charge in [0.1, 0.15) is 5.82 Å². The molecule has 15 heavy (non-hydrogen) atoms. The van der Waals surface area contributed by atoms with Gasteiger partial charge in [0.15, 0.2) is 0 Å². The van der Waals surface area contributed by atoms with E-state index in [1.165, 1.54) is 12.1 Å². The van der Waals surface area contributed by atoms with E-state index in [9.17, 15) is 9.18 Å². The number of nitrogen functional groups attached to an aromatic ring is 1. The number of anilines is 1. The third-order valence-corrected chi connectivity index (χ3v) is 1.91. The molecule has 0 radical (unpaired) electrons. The van der Waals surface area contributed by atoms with Crippen LogP contribution in [-0.4, -0.2) is 23.7 Å². The van der Waals surface area contributed by atoms with Crippen molar-refractivity contribution >= 4 is 11.6 Å². The topological polar surface area (TPSA) is 75.3 Å². The Labute approximate surface area is 86.9 Å². The molecular formula is C10H13FN2O2. The third-order valence-electron chi connectivity index (χ3n) is 1.91. The Hall–Kier alpha value is -1.62. The number of amides is 1. The molecule has 0 saturated heterocycles. The van der Waals surface area contributed by atoms with Gasteiger partial charge < -0.3 is 16.2 Å². The first kappa shape index (κ1) is 11.5. The second-order valence-electron chi connectivity index (χ2n) is 3.29. The highest BCUT2D eigenvalue weighted by atomic mass is 19.1. The molecule has 4 N–H and O–H groups in total. The van der Waals surface area contributed by atoms with E-state index in [2.05, 4.69) is 5.32 Å². The maximum Gasteiger partial charge on any atom is 0.251 e. The van der Waals surface area contributed by atoms with Crippen molar-refractivity contribution in [3.8, 4) is 0 Å². The Kier molecular flexibility index (Phi) is 3.62. The van der Waals surface area contributed by atoms with Crippen LogP contribution in [0.2, 0.25) is 0 Å². The second kappa shape index (κ2) is 4.75. The number of aliphatic hydroxyl groups excluding tert-OH is 1. The number of rotatable bonds is 3. The van der Waals surface area contributed by atoms with Gasteiger partial charge in [0, 0.05) is 11.6 Å². The molecule has 0 unspecified atom stereocenters. The maximum atomic E-state index is 12.8. The van der Waals surface area contributed by atoms with Gasteiger partial charge in [0.05, 0.1) is 12.3 Å². The van der Waals surface area contributed by atoms with Crippen molar-refractivity contribution in [3.63, 3.8) is 0 Å².